The third-order valence-corrected chi connectivity index (χ3v) is 8.52. The van der Waals surface area contributed by atoms with E-state index in [1.54, 1.807) is 13.8 Å². The molecule has 42 heavy (non-hydrogen) atoms. The molecule has 0 N–H and O–H groups in total. The van der Waals surface area contributed by atoms with Crippen LogP contribution in [0.1, 0.15) is 62.2 Å². The Morgan fingerprint density at radius 3 is 0.905 bits per heavy atom. The maximum Gasteiger partial charge on any atom is 0.400 e. The van der Waals surface area contributed by atoms with Gasteiger partial charge in [0.1, 0.15) is 5.92 Å². The lowest BCUT2D eigenvalue weighted by molar-refractivity contribution is -0.278. The number of halogens is 6. The average Bonchev–Trinajstić information content (AvgIpc) is 2.94. The van der Waals surface area contributed by atoms with Gasteiger partial charge < -0.3 is 0 Å². The van der Waals surface area contributed by atoms with Gasteiger partial charge in [0.05, 0.1) is 11.8 Å². The normalized spacial score (nSPS) is 16.4. The number of alkyl halides is 6. The van der Waals surface area contributed by atoms with E-state index in [0.29, 0.717) is 33.0 Å². The molecule has 0 spiro atoms. The Labute approximate surface area is 233 Å². The highest BCUT2D eigenvalue weighted by atomic mass is 19.4. The lowest BCUT2D eigenvalue weighted by Crippen LogP contribution is -2.33. The molecule has 10 heteroatoms. The first kappa shape index (κ1) is 27.8. The number of ketones is 4. The summed E-state index contributed by atoms with van der Waals surface area (Å²) in [6, 6.07) is 15.0. The summed E-state index contributed by atoms with van der Waals surface area (Å²) in [5.74, 6) is -5.18. The first-order valence-electron chi connectivity index (χ1n) is 13.1. The number of benzene rings is 5. The van der Waals surface area contributed by atoms with Crippen LogP contribution in [-0.2, 0) is 0 Å². The van der Waals surface area contributed by atoms with Crippen molar-refractivity contribution in [3.05, 3.63) is 70.8 Å². The first-order chi connectivity index (χ1) is 19.6. The predicted molar refractivity (Wildman–Crippen MR) is 145 cm³/mol. The van der Waals surface area contributed by atoms with E-state index >= 15 is 0 Å². The highest BCUT2D eigenvalue weighted by molar-refractivity contribution is 6.42. The van der Waals surface area contributed by atoms with Crippen LogP contribution >= 0.6 is 0 Å². The van der Waals surface area contributed by atoms with Gasteiger partial charge in [-0.05, 0) is 53.1 Å². The minimum Gasteiger partial charge on any atom is -0.293 e. The maximum absolute atomic E-state index is 12.9. The molecule has 7 rings (SSSR count). The number of carbonyl (C=O) groups excluding carboxylic acids is 4. The highest BCUT2D eigenvalue weighted by Gasteiger charge is 2.53. The maximum atomic E-state index is 12.9. The number of rotatable bonds is 0. The van der Waals surface area contributed by atoms with Crippen LogP contribution in [0.15, 0.2) is 48.5 Å². The zero-order valence-corrected chi connectivity index (χ0v) is 22.3. The fourth-order valence-electron chi connectivity index (χ4n) is 6.07. The summed E-state index contributed by atoms with van der Waals surface area (Å²) in [5.41, 5.74) is 2.34. The zero-order chi connectivity index (χ0) is 30.6. The Kier molecular flexibility index (Phi) is 5.85. The average molecular weight is 582 g/mol. The van der Waals surface area contributed by atoms with Gasteiger partial charge in [0.15, 0.2) is 23.1 Å². The van der Waals surface area contributed by atoms with E-state index in [1.165, 1.54) is 0 Å². The van der Waals surface area contributed by atoms with Crippen molar-refractivity contribution in [3.63, 3.8) is 0 Å². The number of carbonyl (C=O) groups is 4. The SMILES string of the molecule is CC(C(F)(F)F)C(F)(F)F.CC1C(=O)c2ccc3c4ccc5c6c(ccc(c7ccc(c2c37)C1=O)c64)C(=O)C(C)C5=O. The quantitative estimate of drug-likeness (QED) is 0.0795. The van der Waals surface area contributed by atoms with Crippen molar-refractivity contribution in [2.75, 3.05) is 0 Å². The molecule has 0 fully saturated rings. The lowest BCUT2D eigenvalue weighted by Gasteiger charge is -2.25. The van der Waals surface area contributed by atoms with E-state index in [2.05, 4.69) is 0 Å². The van der Waals surface area contributed by atoms with Crippen molar-refractivity contribution in [3.8, 4) is 0 Å². The molecule has 0 bridgehead atoms. The van der Waals surface area contributed by atoms with E-state index in [-0.39, 0.29) is 30.1 Å². The minimum absolute atomic E-state index is 0.0833. The van der Waals surface area contributed by atoms with E-state index < -0.39 is 30.1 Å². The van der Waals surface area contributed by atoms with E-state index in [0.717, 1.165) is 32.3 Å². The molecule has 0 aliphatic heterocycles. The van der Waals surface area contributed by atoms with Crippen LogP contribution in [0.5, 0.6) is 0 Å². The summed E-state index contributed by atoms with van der Waals surface area (Å²) in [4.78, 5) is 51.7. The summed E-state index contributed by atoms with van der Waals surface area (Å²) in [6.45, 7) is 3.42. The van der Waals surface area contributed by atoms with E-state index in [1.807, 2.05) is 48.5 Å². The molecular weight excluding hydrogens is 562 g/mol. The van der Waals surface area contributed by atoms with Crippen molar-refractivity contribution >= 4 is 66.2 Å². The lowest BCUT2D eigenvalue weighted by atomic mass is 9.75. The molecular formula is C32H20F6O4. The first-order valence-corrected chi connectivity index (χ1v) is 13.1. The molecule has 5 aromatic rings. The number of fused-ring (bicyclic) bond motifs is 2. The van der Waals surface area contributed by atoms with Crippen LogP contribution in [0, 0.1) is 17.8 Å². The van der Waals surface area contributed by atoms with Gasteiger partial charge in [0.25, 0.3) is 0 Å². The van der Waals surface area contributed by atoms with Crippen LogP contribution in [0.2, 0.25) is 0 Å². The number of Topliss-reactive ketones (excluding diaryl/α,β-unsaturated/α-hetero) is 4. The molecule has 0 saturated heterocycles. The van der Waals surface area contributed by atoms with Gasteiger partial charge in [-0.15, -0.1) is 0 Å². The van der Waals surface area contributed by atoms with Crippen LogP contribution < -0.4 is 0 Å². The molecule has 2 aliphatic rings. The van der Waals surface area contributed by atoms with Gasteiger partial charge in [-0.2, -0.15) is 26.3 Å². The largest absolute Gasteiger partial charge is 0.400 e. The summed E-state index contributed by atoms with van der Waals surface area (Å²) in [6.07, 6.45) is -10.4. The molecule has 0 radical (unpaired) electrons. The molecule has 0 aromatic heterocycles. The predicted octanol–water partition coefficient (Wildman–Crippen LogP) is 8.51. The van der Waals surface area contributed by atoms with Crippen LogP contribution in [0.3, 0.4) is 0 Å². The fourth-order valence-corrected chi connectivity index (χ4v) is 6.07. The monoisotopic (exact) mass is 582 g/mol. The van der Waals surface area contributed by atoms with Gasteiger partial charge in [-0.3, -0.25) is 19.2 Å². The van der Waals surface area contributed by atoms with Crippen molar-refractivity contribution < 1.29 is 45.5 Å². The van der Waals surface area contributed by atoms with Crippen molar-refractivity contribution in [2.24, 2.45) is 17.8 Å². The Bertz CT molecular complexity index is 1770. The molecule has 214 valence electrons. The Morgan fingerprint density at radius 1 is 0.476 bits per heavy atom. The molecule has 0 saturated carbocycles. The fraction of sp³-hybridized carbons (Fsp3) is 0.250. The Balaban J connectivity index is 0.000000274. The minimum atomic E-state index is -5.18. The molecule has 0 atom stereocenters. The third-order valence-electron chi connectivity index (χ3n) is 8.52. The van der Waals surface area contributed by atoms with Crippen LogP contribution in [-0.4, -0.2) is 35.5 Å². The second-order valence-corrected chi connectivity index (χ2v) is 10.8. The van der Waals surface area contributed by atoms with Crippen LogP contribution in [0.25, 0.3) is 43.1 Å². The smallest absolute Gasteiger partial charge is 0.293 e. The molecule has 0 unspecified atom stereocenters. The molecule has 2 aliphatic carbocycles. The van der Waals surface area contributed by atoms with Gasteiger partial charge >= 0.3 is 12.4 Å². The van der Waals surface area contributed by atoms with Gasteiger partial charge in [-0.25, -0.2) is 0 Å². The molecule has 4 nitrogen and oxygen atoms in total. The second-order valence-electron chi connectivity index (χ2n) is 10.8. The molecule has 0 heterocycles. The Morgan fingerprint density at radius 2 is 0.714 bits per heavy atom. The van der Waals surface area contributed by atoms with Crippen molar-refractivity contribution in [1.29, 1.82) is 0 Å². The summed E-state index contributed by atoms with van der Waals surface area (Å²) in [7, 11) is 0. The zero-order valence-electron chi connectivity index (χ0n) is 22.3. The molecule has 5 aromatic carbocycles. The van der Waals surface area contributed by atoms with E-state index in [9.17, 15) is 45.5 Å². The molecule has 0 amide bonds. The number of hydrogen-bond donors (Lipinski definition) is 0. The van der Waals surface area contributed by atoms with Gasteiger partial charge in [0, 0.05) is 33.0 Å². The highest BCUT2D eigenvalue weighted by Crippen LogP contribution is 2.47. The summed E-state index contributed by atoms with van der Waals surface area (Å²) < 4.78 is 67.4. The summed E-state index contributed by atoms with van der Waals surface area (Å²) >= 11 is 0. The Hall–Kier alpha value is -4.34. The standard InChI is InChI=1S/C28H16O4.C4H4F6/c1-11-25(29)17-7-3-13-15-5-9-19-24-20(28(32)12(2)27(19)31)10-6-16(22(15)24)14-4-8-18(26(11)30)23(17)21(13)14;1-2(3(5,6)7)4(8,9)10/h3-12H,1-2H3;2H,1H3. The van der Waals surface area contributed by atoms with Crippen molar-refractivity contribution in [2.45, 2.75) is 33.1 Å². The van der Waals surface area contributed by atoms with Gasteiger partial charge in [-0.1, -0.05) is 48.5 Å². The number of hydrogen-bond acceptors (Lipinski definition) is 4. The van der Waals surface area contributed by atoms with Crippen molar-refractivity contribution in [1.82, 2.24) is 0 Å². The van der Waals surface area contributed by atoms with Gasteiger partial charge in [0.2, 0.25) is 0 Å². The second kappa shape index (κ2) is 8.83. The topological polar surface area (TPSA) is 68.3 Å². The van der Waals surface area contributed by atoms with Crippen LogP contribution in [0.4, 0.5) is 26.3 Å². The summed E-state index contributed by atoms with van der Waals surface area (Å²) in [5, 5.41) is 6.91. The third kappa shape index (κ3) is 3.70. The van der Waals surface area contributed by atoms with E-state index in [4.69, 9.17) is 0 Å².